The smallest absolute Gasteiger partial charge is 0.259 e. The van der Waals surface area contributed by atoms with Crippen molar-refractivity contribution < 1.29 is 17.4 Å². The first-order valence-corrected chi connectivity index (χ1v) is 9.67. The lowest BCUT2D eigenvalue weighted by Gasteiger charge is -2.30. The summed E-state index contributed by atoms with van der Waals surface area (Å²) in [5.41, 5.74) is -0.267. The first-order valence-electron chi connectivity index (χ1n) is 12.7. The second kappa shape index (κ2) is 7.32. The standard InChI is InChI=1S/C21H24FN7O/c1-13-8-14(2)26-21(25-13)28-11-15-9-27(10-16(15)12-28)20(30)19-17(22)4-3-5-18(19)29-23-6-7-24-29/h3-8,15-16,21,25H,9-12H2,1-2H3/i1D3,2D3. The quantitative estimate of drug-likeness (QED) is 0.825. The summed E-state index contributed by atoms with van der Waals surface area (Å²) in [6.45, 7) is -3.34. The van der Waals surface area contributed by atoms with Gasteiger partial charge in [0, 0.05) is 45.8 Å². The zero-order valence-electron chi connectivity index (χ0n) is 22.0. The number of halogens is 1. The van der Waals surface area contributed by atoms with Gasteiger partial charge < -0.3 is 10.2 Å². The molecular weight excluding hydrogens is 385 g/mol. The number of benzene rings is 1. The van der Waals surface area contributed by atoms with Gasteiger partial charge in [0.15, 0.2) is 6.29 Å². The number of likely N-dealkylation sites (tertiary alicyclic amines) is 2. The molecule has 5 rings (SSSR count). The molecule has 3 unspecified atom stereocenters. The fourth-order valence-corrected chi connectivity index (χ4v) is 4.48. The lowest BCUT2D eigenvalue weighted by atomic mass is 10.0. The summed E-state index contributed by atoms with van der Waals surface area (Å²) in [5.74, 6) is -1.02. The third-order valence-corrected chi connectivity index (χ3v) is 5.81. The highest BCUT2D eigenvalue weighted by Crippen LogP contribution is 2.34. The van der Waals surface area contributed by atoms with Gasteiger partial charge in [-0.1, -0.05) is 6.07 Å². The third kappa shape index (κ3) is 3.28. The fraction of sp³-hybridized carbons (Fsp3) is 0.429. The molecule has 3 aliphatic rings. The van der Waals surface area contributed by atoms with E-state index in [9.17, 15) is 9.18 Å². The Morgan fingerprint density at radius 3 is 2.63 bits per heavy atom. The summed E-state index contributed by atoms with van der Waals surface area (Å²) in [4.78, 5) is 22.3. The summed E-state index contributed by atoms with van der Waals surface area (Å²) < 4.78 is 61.0. The van der Waals surface area contributed by atoms with Gasteiger partial charge in [-0.05, 0) is 43.7 Å². The summed E-state index contributed by atoms with van der Waals surface area (Å²) in [6, 6.07) is 4.30. The number of aromatic nitrogens is 3. The molecule has 30 heavy (non-hydrogen) atoms. The molecule has 1 N–H and O–H groups in total. The van der Waals surface area contributed by atoms with Gasteiger partial charge in [-0.3, -0.25) is 14.7 Å². The minimum Gasteiger partial charge on any atom is -0.355 e. The molecule has 2 fully saturated rings. The van der Waals surface area contributed by atoms with E-state index >= 15 is 0 Å². The number of amides is 1. The molecule has 0 saturated carbocycles. The van der Waals surface area contributed by atoms with Crippen molar-refractivity contribution in [2.75, 3.05) is 26.2 Å². The molecule has 2 saturated heterocycles. The van der Waals surface area contributed by atoms with Crippen molar-refractivity contribution >= 4 is 11.6 Å². The lowest BCUT2D eigenvalue weighted by molar-refractivity contribution is 0.0763. The Morgan fingerprint density at radius 2 is 1.93 bits per heavy atom. The second-order valence-corrected chi connectivity index (χ2v) is 7.73. The summed E-state index contributed by atoms with van der Waals surface area (Å²) in [7, 11) is 0. The fourth-order valence-electron chi connectivity index (χ4n) is 4.48. The highest BCUT2D eigenvalue weighted by Gasteiger charge is 2.44. The van der Waals surface area contributed by atoms with Gasteiger partial charge in [-0.2, -0.15) is 15.0 Å². The van der Waals surface area contributed by atoms with E-state index in [1.165, 1.54) is 29.3 Å². The van der Waals surface area contributed by atoms with Crippen LogP contribution in [0.5, 0.6) is 0 Å². The SMILES string of the molecule is [2H]C([2H])([2H])C1=CC(C([2H])([2H])[2H])=NC(N2CC3CN(C(=O)c4c(F)cccc4-n4nccn4)CC3C2)N1. The number of hydrogen-bond donors (Lipinski definition) is 1. The van der Waals surface area contributed by atoms with Gasteiger partial charge in [0.1, 0.15) is 17.1 Å². The third-order valence-electron chi connectivity index (χ3n) is 5.81. The Hall–Kier alpha value is -3.07. The normalized spacial score (nSPS) is 30.0. The number of carbonyl (C=O) groups excluding carboxylic acids is 1. The van der Waals surface area contributed by atoms with Crippen LogP contribution in [0.25, 0.3) is 5.69 Å². The van der Waals surface area contributed by atoms with Crippen molar-refractivity contribution in [3.05, 3.63) is 53.7 Å². The van der Waals surface area contributed by atoms with E-state index < -0.39 is 31.7 Å². The van der Waals surface area contributed by atoms with Crippen LogP contribution in [0, 0.1) is 17.7 Å². The number of hydrogen-bond acceptors (Lipinski definition) is 6. The molecule has 1 aromatic heterocycles. The van der Waals surface area contributed by atoms with Crippen molar-refractivity contribution in [2.45, 2.75) is 20.0 Å². The molecule has 0 spiro atoms. The Labute approximate surface area is 182 Å². The number of fused-ring (bicyclic) bond motifs is 1. The van der Waals surface area contributed by atoms with Crippen LogP contribution in [0.4, 0.5) is 4.39 Å². The van der Waals surface area contributed by atoms with Gasteiger partial charge in [0.05, 0.1) is 12.4 Å². The molecule has 0 aliphatic carbocycles. The molecule has 156 valence electrons. The van der Waals surface area contributed by atoms with Crippen LogP contribution in [0.3, 0.4) is 0 Å². The van der Waals surface area contributed by atoms with Crippen LogP contribution in [-0.4, -0.2) is 68.9 Å². The lowest BCUT2D eigenvalue weighted by Crippen LogP contribution is -2.46. The Kier molecular flexibility index (Phi) is 3.24. The number of allylic oxidation sites excluding steroid dienone is 2. The van der Waals surface area contributed by atoms with Crippen LogP contribution in [0.15, 0.2) is 47.4 Å². The summed E-state index contributed by atoms with van der Waals surface area (Å²) in [5, 5.41) is 10.9. The summed E-state index contributed by atoms with van der Waals surface area (Å²) >= 11 is 0. The van der Waals surface area contributed by atoms with Gasteiger partial charge in [-0.15, -0.1) is 0 Å². The highest BCUT2D eigenvalue weighted by atomic mass is 19.1. The van der Waals surface area contributed by atoms with Crippen LogP contribution < -0.4 is 5.32 Å². The van der Waals surface area contributed by atoms with Gasteiger partial charge in [0.2, 0.25) is 0 Å². The number of aliphatic imine (C=N–C) groups is 1. The first-order chi connectivity index (χ1) is 16.9. The second-order valence-electron chi connectivity index (χ2n) is 7.73. The van der Waals surface area contributed by atoms with E-state index in [4.69, 9.17) is 8.22 Å². The number of nitrogens with zero attached hydrogens (tertiary/aromatic N) is 6. The van der Waals surface area contributed by atoms with Crippen molar-refractivity contribution in [3.8, 4) is 5.69 Å². The molecule has 3 atom stereocenters. The molecule has 8 nitrogen and oxygen atoms in total. The molecule has 2 aromatic rings. The van der Waals surface area contributed by atoms with E-state index in [1.54, 1.807) is 11.0 Å². The van der Waals surface area contributed by atoms with E-state index in [-0.39, 0.29) is 34.5 Å². The average Bonchev–Trinajstić information content (AvgIpc) is 3.54. The van der Waals surface area contributed by atoms with E-state index in [2.05, 4.69) is 20.5 Å². The maximum atomic E-state index is 14.8. The van der Waals surface area contributed by atoms with Crippen LogP contribution >= 0.6 is 0 Å². The van der Waals surface area contributed by atoms with Crippen molar-refractivity contribution in [3.63, 3.8) is 0 Å². The predicted molar refractivity (Wildman–Crippen MR) is 110 cm³/mol. The topological polar surface area (TPSA) is 78.7 Å². The molecular formula is C21H24FN7O. The molecule has 1 aromatic carbocycles. The van der Waals surface area contributed by atoms with E-state index in [1.807, 2.05) is 4.90 Å². The van der Waals surface area contributed by atoms with Gasteiger partial charge in [-0.25, -0.2) is 4.39 Å². The maximum Gasteiger partial charge on any atom is 0.259 e. The Bertz CT molecular complexity index is 1210. The van der Waals surface area contributed by atoms with Gasteiger partial charge in [0.25, 0.3) is 5.91 Å². The van der Waals surface area contributed by atoms with Gasteiger partial charge >= 0.3 is 0 Å². The first kappa shape index (κ1) is 13.3. The number of carbonyl (C=O) groups is 1. The van der Waals surface area contributed by atoms with Crippen molar-refractivity contribution in [2.24, 2.45) is 16.8 Å². The molecule has 0 bridgehead atoms. The van der Waals surface area contributed by atoms with E-state index in [0.717, 1.165) is 6.08 Å². The Balaban J connectivity index is 1.31. The minimum atomic E-state index is -2.55. The monoisotopic (exact) mass is 415 g/mol. The predicted octanol–water partition coefficient (Wildman–Crippen LogP) is 1.66. The van der Waals surface area contributed by atoms with Crippen LogP contribution in [0.1, 0.15) is 32.3 Å². The molecule has 1 amide bonds. The average molecular weight is 416 g/mol. The van der Waals surface area contributed by atoms with Crippen molar-refractivity contribution in [1.82, 2.24) is 30.1 Å². The largest absolute Gasteiger partial charge is 0.355 e. The Morgan fingerprint density at radius 1 is 1.17 bits per heavy atom. The molecule has 0 radical (unpaired) electrons. The van der Waals surface area contributed by atoms with E-state index in [0.29, 0.717) is 26.2 Å². The maximum absolute atomic E-state index is 14.8. The molecule has 4 heterocycles. The highest BCUT2D eigenvalue weighted by molar-refractivity contribution is 5.98. The number of nitrogens with one attached hydrogen (secondary N) is 1. The molecule has 3 aliphatic heterocycles. The minimum absolute atomic E-state index is 0.0438. The number of rotatable bonds is 3. The zero-order chi connectivity index (χ0) is 25.8. The van der Waals surface area contributed by atoms with Crippen LogP contribution in [-0.2, 0) is 0 Å². The zero-order valence-corrected chi connectivity index (χ0v) is 16.0. The summed E-state index contributed by atoms with van der Waals surface area (Å²) in [6.07, 6.45) is 3.13. The molecule has 9 heteroatoms. The van der Waals surface area contributed by atoms with Crippen LogP contribution in [0.2, 0.25) is 0 Å². The van der Waals surface area contributed by atoms with Crippen molar-refractivity contribution in [1.29, 1.82) is 0 Å².